The van der Waals surface area contributed by atoms with Crippen molar-refractivity contribution in [1.82, 2.24) is 5.16 Å². The van der Waals surface area contributed by atoms with Gasteiger partial charge in [0.1, 0.15) is 6.26 Å². The summed E-state index contributed by atoms with van der Waals surface area (Å²) in [6.07, 6.45) is 3.10. The number of nitrogens with zero attached hydrogens (tertiary/aromatic N) is 1. The molecule has 0 radical (unpaired) electrons. The molecule has 0 unspecified atom stereocenters. The van der Waals surface area contributed by atoms with Crippen molar-refractivity contribution in [2.75, 3.05) is 0 Å². The summed E-state index contributed by atoms with van der Waals surface area (Å²) in [5.41, 5.74) is 0. The highest BCUT2D eigenvalue weighted by molar-refractivity contribution is 5.86. The van der Waals surface area contributed by atoms with Gasteiger partial charge in [-0.1, -0.05) is 5.16 Å². The zero-order valence-electron chi connectivity index (χ0n) is 3.81. The van der Waals surface area contributed by atoms with E-state index in [0.29, 0.717) is 0 Å². The maximum absolute atomic E-state index is 4.33. The topological polar surface area (TPSA) is 26.0 Å². The van der Waals surface area contributed by atoms with E-state index in [1.165, 1.54) is 6.26 Å². The fourth-order valence-corrected chi connectivity index (χ4v) is 0.176. The second-order valence-corrected chi connectivity index (χ2v) is 0.688. The minimum atomic E-state index is 0. The number of hydrogen-bond donors (Lipinski definition) is 0. The molecular weight excluding hydrogens is 172 g/mol. The van der Waals surface area contributed by atoms with Gasteiger partial charge in [-0.05, 0) is 6.07 Å². The lowest BCUT2D eigenvalue weighted by molar-refractivity contribution is 0.420. The van der Waals surface area contributed by atoms with E-state index in [0.717, 1.165) is 0 Å². The van der Waals surface area contributed by atoms with Crippen LogP contribution in [0.5, 0.6) is 0 Å². The maximum atomic E-state index is 4.33. The Bertz CT molecular complexity index is 71.0. The van der Waals surface area contributed by atoms with Crippen LogP contribution in [0.4, 0.5) is 0 Å². The largest absolute Gasteiger partial charge is 0.365 e. The quantitative estimate of drug-likeness (QED) is 0.607. The fourth-order valence-electron chi connectivity index (χ4n) is 0.176. The molecule has 5 heteroatoms. The SMILES string of the molecule is Cl.Cl.Cl.c1cnoc1. The molecule has 0 atom stereocenters. The third-order valence-corrected chi connectivity index (χ3v) is 0.347. The number of aromatic nitrogens is 1. The van der Waals surface area contributed by atoms with Gasteiger partial charge in [0.05, 0.1) is 6.20 Å². The summed E-state index contributed by atoms with van der Waals surface area (Å²) in [5, 5.41) is 3.35. The van der Waals surface area contributed by atoms with Crippen molar-refractivity contribution >= 4 is 37.2 Å². The van der Waals surface area contributed by atoms with Crippen LogP contribution in [-0.4, -0.2) is 5.16 Å². The summed E-state index contributed by atoms with van der Waals surface area (Å²) in [4.78, 5) is 0. The first-order valence-electron chi connectivity index (χ1n) is 1.34. The Kier molecular flexibility index (Phi) is 19.9. The van der Waals surface area contributed by atoms with Crippen molar-refractivity contribution in [2.24, 2.45) is 0 Å². The van der Waals surface area contributed by atoms with Crippen molar-refractivity contribution in [3.63, 3.8) is 0 Å². The smallest absolute Gasteiger partial charge is 0.123 e. The molecule has 0 saturated carbocycles. The Morgan fingerprint density at radius 1 is 1.12 bits per heavy atom. The Hall–Kier alpha value is 0.0800. The Labute approximate surface area is 65.9 Å². The van der Waals surface area contributed by atoms with E-state index < -0.39 is 0 Å². The van der Waals surface area contributed by atoms with Crippen molar-refractivity contribution in [3.8, 4) is 0 Å². The molecule has 1 heterocycles. The first kappa shape index (κ1) is 15.7. The van der Waals surface area contributed by atoms with Gasteiger partial charge >= 0.3 is 0 Å². The molecule has 8 heavy (non-hydrogen) atoms. The third kappa shape index (κ3) is 6.08. The molecule has 0 bridgehead atoms. The fraction of sp³-hybridized carbons (Fsp3) is 0. The zero-order chi connectivity index (χ0) is 3.54. The number of halogens is 3. The highest BCUT2D eigenvalue weighted by Gasteiger charge is 1.60. The van der Waals surface area contributed by atoms with Crippen molar-refractivity contribution in [3.05, 3.63) is 18.5 Å². The zero-order valence-corrected chi connectivity index (χ0v) is 6.26. The summed E-state index contributed by atoms with van der Waals surface area (Å²) >= 11 is 0. The predicted octanol–water partition coefficient (Wildman–Crippen LogP) is 1.94. The van der Waals surface area contributed by atoms with Gasteiger partial charge in [-0.2, -0.15) is 0 Å². The van der Waals surface area contributed by atoms with Crippen LogP contribution in [0.15, 0.2) is 23.0 Å². The Balaban J connectivity index is -0.0000000833. The van der Waals surface area contributed by atoms with E-state index >= 15 is 0 Å². The van der Waals surface area contributed by atoms with Crippen LogP contribution < -0.4 is 0 Å². The van der Waals surface area contributed by atoms with Crippen LogP contribution in [0.25, 0.3) is 0 Å². The van der Waals surface area contributed by atoms with Crippen LogP contribution in [0, 0.1) is 0 Å². The lowest BCUT2D eigenvalue weighted by atomic mass is 10.8. The molecule has 50 valence electrons. The van der Waals surface area contributed by atoms with E-state index in [1.54, 1.807) is 12.3 Å². The molecule has 0 N–H and O–H groups in total. The Morgan fingerprint density at radius 2 is 1.75 bits per heavy atom. The van der Waals surface area contributed by atoms with Gasteiger partial charge in [0, 0.05) is 0 Å². The average molecular weight is 178 g/mol. The minimum Gasteiger partial charge on any atom is -0.365 e. The lowest BCUT2D eigenvalue weighted by Crippen LogP contribution is -1.38. The second kappa shape index (κ2) is 10.1. The maximum Gasteiger partial charge on any atom is 0.123 e. The second-order valence-electron chi connectivity index (χ2n) is 0.688. The van der Waals surface area contributed by atoms with E-state index in [2.05, 4.69) is 9.68 Å². The van der Waals surface area contributed by atoms with E-state index in [4.69, 9.17) is 0 Å². The van der Waals surface area contributed by atoms with Crippen molar-refractivity contribution < 1.29 is 4.52 Å². The van der Waals surface area contributed by atoms with Crippen LogP contribution in [-0.2, 0) is 0 Å². The highest BCUT2D eigenvalue weighted by Crippen LogP contribution is 1.72. The van der Waals surface area contributed by atoms with E-state index in [-0.39, 0.29) is 37.2 Å². The monoisotopic (exact) mass is 177 g/mol. The first-order valence-corrected chi connectivity index (χ1v) is 1.34. The van der Waals surface area contributed by atoms with Crippen LogP contribution in [0.2, 0.25) is 0 Å². The molecule has 0 saturated heterocycles. The molecule has 0 aliphatic rings. The van der Waals surface area contributed by atoms with E-state index in [1.807, 2.05) is 0 Å². The number of rotatable bonds is 0. The van der Waals surface area contributed by atoms with Gasteiger partial charge in [0.25, 0.3) is 0 Å². The first-order chi connectivity index (χ1) is 2.50. The molecule has 0 aliphatic heterocycles. The normalized spacial score (nSPS) is 5.00. The summed E-state index contributed by atoms with van der Waals surface area (Å²) < 4.78 is 4.33. The molecule has 1 aromatic rings. The Morgan fingerprint density at radius 3 is 1.88 bits per heavy atom. The standard InChI is InChI=1S/C3H3NO.3ClH/c1-2-4-5-3-1;;;/h1-3H;3*1H. The van der Waals surface area contributed by atoms with Gasteiger partial charge in [-0.3, -0.25) is 0 Å². The summed E-state index contributed by atoms with van der Waals surface area (Å²) in [6.45, 7) is 0. The molecule has 0 aromatic carbocycles. The minimum absolute atomic E-state index is 0. The van der Waals surface area contributed by atoms with Crippen LogP contribution >= 0.6 is 37.2 Å². The summed E-state index contributed by atoms with van der Waals surface area (Å²) in [5.74, 6) is 0. The van der Waals surface area contributed by atoms with Gasteiger partial charge in [0.2, 0.25) is 0 Å². The van der Waals surface area contributed by atoms with Gasteiger partial charge in [-0.15, -0.1) is 37.2 Å². The molecule has 1 rings (SSSR count). The van der Waals surface area contributed by atoms with Crippen LogP contribution in [0.3, 0.4) is 0 Å². The van der Waals surface area contributed by atoms with Gasteiger partial charge < -0.3 is 4.52 Å². The molecule has 2 nitrogen and oxygen atoms in total. The molecular formula is C3H6Cl3NO. The van der Waals surface area contributed by atoms with Crippen LogP contribution in [0.1, 0.15) is 0 Å². The highest BCUT2D eigenvalue weighted by atomic mass is 35.5. The molecule has 0 spiro atoms. The van der Waals surface area contributed by atoms with E-state index in [9.17, 15) is 0 Å². The van der Waals surface area contributed by atoms with Gasteiger partial charge in [0.15, 0.2) is 0 Å². The summed E-state index contributed by atoms with van der Waals surface area (Å²) in [6, 6.07) is 1.72. The van der Waals surface area contributed by atoms with Crippen molar-refractivity contribution in [2.45, 2.75) is 0 Å². The third-order valence-electron chi connectivity index (χ3n) is 0.347. The van der Waals surface area contributed by atoms with Gasteiger partial charge in [-0.25, -0.2) is 0 Å². The average Bonchev–Trinajstić information content (AvgIpc) is 1.76. The summed E-state index contributed by atoms with van der Waals surface area (Å²) in [7, 11) is 0. The predicted molar refractivity (Wildman–Crippen MR) is 38.2 cm³/mol. The molecule has 1 aromatic heterocycles. The molecule has 0 amide bonds. The van der Waals surface area contributed by atoms with Crippen molar-refractivity contribution in [1.29, 1.82) is 0 Å². The number of hydrogen-bond acceptors (Lipinski definition) is 2. The lowest BCUT2D eigenvalue weighted by Gasteiger charge is -1.48. The molecule has 0 aliphatic carbocycles. The molecule has 0 fully saturated rings.